The zero-order valence-corrected chi connectivity index (χ0v) is 11.2. The van der Waals surface area contributed by atoms with Crippen LogP contribution in [0.3, 0.4) is 0 Å². The van der Waals surface area contributed by atoms with E-state index < -0.39 is 12.2 Å². The van der Waals surface area contributed by atoms with Crippen molar-refractivity contribution in [2.45, 2.75) is 18.6 Å². The zero-order chi connectivity index (χ0) is 14.0. The number of rotatable bonds is 3. The van der Waals surface area contributed by atoms with Gasteiger partial charge in [0.05, 0.1) is 0 Å². The van der Waals surface area contributed by atoms with Crippen LogP contribution in [0.2, 0.25) is 0 Å². The number of allylic oxidation sites excluding steroid dienone is 2. The van der Waals surface area contributed by atoms with E-state index in [9.17, 15) is 14.0 Å². The molecule has 1 saturated heterocycles. The lowest BCUT2D eigenvalue weighted by atomic mass is 10.1. The van der Waals surface area contributed by atoms with E-state index in [1.54, 1.807) is 13.1 Å². The lowest BCUT2D eigenvalue weighted by Gasteiger charge is -2.19. The number of urea groups is 1. The molecule has 0 aromatic carbocycles. The Balaban J connectivity index is 1.89. The number of amides is 3. The molecule has 104 valence electrons. The van der Waals surface area contributed by atoms with Crippen LogP contribution in [0.1, 0.15) is 6.42 Å². The molecule has 2 aliphatic rings. The Kier molecular flexibility index (Phi) is 4.09. The topological polar surface area (TPSA) is 61.4 Å². The highest BCUT2D eigenvalue weighted by Gasteiger charge is 2.32. The molecule has 1 fully saturated rings. The minimum absolute atomic E-state index is 0.145. The summed E-state index contributed by atoms with van der Waals surface area (Å²) in [4.78, 5) is 24.5. The Morgan fingerprint density at radius 1 is 1.68 bits per heavy atom. The summed E-state index contributed by atoms with van der Waals surface area (Å²) in [5, 5.41) is 5.70. The van der Waals surface area contributed by atoms with Gasteiger partial charge in [-0.25, -0.2) is 9.18 Å². The molecule has 0 spiro atoms. The summed E-state index contributed by atoms with van der Waals surface area (Å²) >= 11 is 5.93. The molecule has 2 rings (SSSR count). The first-order chi connectivity index (χ1) is 8.99. The van der Waals surface area contributed by atoms with Crippen LogP contribution in [-0.4, -0.2) is 49.2 Å². The predicted molar refractivity (Wildman–Crippen MR) is 69.5 cm³/mol. The van der Waals surface area contributed by atoms with Crippen LogP contribution in [0.15, 0.2) is 22.8 Å². The maximum absolute atomic E-state index is 13.0. The van der Waals surface area contributed by atoms with Gasteiger partial charge in [0.1, 0.15) is 12.2 Å². The van der Waals surface area contributed by atoms with E-state index in [2.05, 4.69) is 10.6 Å². The van der Waals surface area contributed by atoms with Crippen LogP contribution in [0.25, 0.3) is 0 Å². The van der Waals surface area contributed by atoms with Gasteiger partial charge in [-0.2, -0.15) is 0 Å². The SMILES string of the molecule is CN1C(=O)NCC1C(=O)NCC1=C(Cl)CC(F)C=C1. The summed E-state index contributed by atoms with van der Waals surface area (Å²) in [5.74, 6) is -0.256. The third kappa shape index (κ3) is 3.07. The second-order valence-electron chi connectivity index (χ2n) is 4.54. The quantitative estimate of drug-likeness (QED) is 0.811. The van der Waals surface area contributed by atoms with Crippen LogP contribution >= 0.6 is 11.6 Å². The van der Waals surface area contributed by atoms with E-state index in [-0.39, 0.29) is 31.4 Å². The molecule has 19 heavy (non-hydrogen) atoms. The number of likely N-dealkylation sites (N-methyl/N-ethyl adjacent to an activating group) is 1. The summed E-state index contributed by atoms with van der Waals surface area (Å²) in [6.07, 6.45) is 2.08. The number of nitrogens with zero attached hydrogens (tertiary/aromatic N) is 1. The van der Waals surface area contributed by atoms with Crippen LogP contribution in [0.4, 0.5) is 9.18 Å². The predicted octanol–water partition coefficient (Wildman–Crippen LogP) is 0.917. The van der Waals surface area contributed by atoms with Crippen LogP contribution in [-0.2, 0) is 4.79 Å². The number of carbonyl (C=O) groups excluding carboxylic acids is 2. The van der Waals surface area contributed by atoms with E-state index in [1.165, 1.54) is 11.0 Å². The van der Waals surface area contributed by atoms with Crippen molar-refractivity contribution in [3.8, 4) is 0 Å². The van der Waals surface area contributed by atoms with Crippen molar-refractivity contribution in [3.63, 3.8) is 0 Å². The molecular formula is C12H15ClFN3O2. The van der Waals surface area contributed by atoms with Gasteiger partial charge in [-0.1, -0.05) is 17.7 Å². The molecule has 1 heterocycles. The van der Waals surface area contributed by atoms with E-state index in [1.807, 2.05) is 0 Å². The summed E-state index contributed by atoms with van der Waals surface area (Å²) in [5.41, 5.74) is 0.698. The van der Waals surface area contributed by atoms with Crippen molar-refractivity contribution in [2.24, 2.45) is 0 Å². The zero-order valence-electron chi connectivity index (χ0n) is 10.5. The minimum Gasteiger partial charge on any atom is -0.350 e. The maximum atomic E-state index is 13.0. The van der Waals surface area contributed by atoms with Crippen molar-refractivity contribution >= 4 is 23.5 Å². The largest absolute Gasteiger partial charge is 0.350 e. The van der Waals surface area contributed by atoms with E-state index in [0.717, 1.165) is 0 Å². The molecule has 2 N–H and O–H groups in total. The number of hydrogen-bond acceptors (Lipinski definition) is 2. The third-order valence-corrected chi connectivity index (χ3v) is 3.62. The summed E-state index contributed by atoms with van der Waals surface area (Å²) < 4.78 is 13.0. The summed E-state index contributed by atoms with van der Waals surface area (Å²) in [6.45, 7) is 0.524. The first kappa shape index (κ1) is 13.9. The number of nitrogens with one attached hydrogen (secondary N) is 2. The fourth-order valence-corrected chi connectivity index (χ4v) is 2.27. The van der Waals surface area contributed by atoms with Crippen molar-refractivity contribution in [1.82, 2.24) is 15.5 Å². The third-order valence-electron chi connectivity index (χ3n) is 3.22. The van der Waals surface area contributed by atoms with Crippen LogP contribution < -0.4 is 10.6 Å². The standard InChI is InChI=1S/C12H15ClFN3O2/c1-17-10(6-16-12(17)19)11(18)15-5-7-2-3-8(14)4-9(7)13/h2-3,8,10H,4-6H2,1H3,(H,15,18)(H,16,19). The first-order valence-electron chi connectivity index (χ1n) is 5.97. The average molecular weight is 288 g/mol. The Hall–Kier alpha value is -1.56. The van der Waals surface area contributed by atoms with E-state index in [0.29, 0.717) is 10.6 Å². The lowest BCUT2D eigenvalue weighted by Crippen LogP contribution is -2.44. The Labute approximate surface area is 115 Å². The van der Waals surface area contributed by atoms with Crippen molar-refractivity contribution in [1.29, 1.82) is 0 Å². The fraction of sp³-hybridized carbons (Fsp3) is 0.500. The summed E-state index contributed by atoms with van der Waals surface area (Å²) in [7, 11) is 1.56. The van der Waals surface area contributed by atoms with Gasteiger partial charge in [0, 0.05) is 31.6 Å². The smallest absolute Gasteiger partial charge is 0.317 e. The highest BCUT2D eigenvalue weighted by atomic mass is 35.5. The lowest BCUT2D eigenvalue weighted by molar-refractivity contribution is -0.124. The molecule has 3 amide bonds. The van der Waals surface area contributed by atoms with Gasteiger partial charge in [-0.05, 0) is 11.6 Å². The van der Waals surface area contributed by atoms with Gasteiger partial charge in [0.2, 0.25) is 5.91 Å². The Bertz CT molecular complexity index is 464. The molecule has 0 aromatic rings. The number of carbonyl (C=O) groups is 2. The fourth-order valence-electron chi connectivity index (χ4n) is 1.99. The number of alkyl halides is 1. The Morgan fingerprint density at radius 2 is 2.42 bits per heavy atom. The van der Waals surface area contributed by atoms with Crippen LogP contribution in [0.5, 0.6) is 0 Å². The van der Waals surface area contributed by atoms with Gasteiger partial charge in [-0.3, -0.25) is 4.79 Å². The molecule has 1 aliphatic carbocycles. The summed E-state index contributed by atoms with van der Waals surface area (Å²) in [6, 6.07) is -0.788. The second-order valence-corrected chi connectivity index (χ2v) is 5.00. The van der Waals surface area contributed by atoms with Gasteiger partial charge in [-0.15, -0.1) is 0 Å². The molecular weight excluding hydrogens is 273 g/mol. The maximum Gasteiger partial charge on any atom is 0.317 e. The van der Waals surface area contributed by atoms with Crippen molar-refractivity contribution in [3.05, 3.63) is 22.8 Å². The van der Waals surface area contributed by atoms with Gasteiger partial charge in [0.15, 0.2) is 0 Å². The molecule has 5 nitrogen and oxygen atoms in total. The van der Waals surface area contributed by atoms with Crippen molar-refractivity contribution in [2.75, 3.05) is 20.1 Å². The van der Waals surface area contributed by atoms with Gasteiger partial charge < -0.3 is 15.5 Å². The normalized spacial score (nSPS) is 26.7. The molecule has 0 radical (unpaired) electrons. The molecule has 0 aromatic heterocycles. The molecule has 2 unspecified atom stereocenters. The molecule has 0 saturated carbocycles. The molecule has 1 aliphatic heterocycles. The van der Waals surface area contributed by atoms with Crippen LogP contribution in [0, 0.1) is 0 Å². The van der Waals surface area contributed by atoms with E-state index >= 15 is 0 Å². The highest BCUT2D eigenvalue weighted by Crippen LogP contribution is 2.23. The molecule has 2 atom stereocenters. The first-order valence-corrected chi connectivity index (χ1v) is 6.35. The Morgan fingerprint density at radius 3 is 3.00 bits per heavy atom. The van der Waals surface area contributed by atoms with Crippen molar-refractivity contribution < 1.29 is 14.0 Å². The second kappa shape index (κ2) is 5.61. The van der Waals surface area contributed by atoms with Gasteiger partial charge in [0.25, 0.3) is 0 Å². The molecule has 0 bridgehead atoms. The minimum atomic E-state index is -1.06. The average Bonchev–Trinajstić information content (AvgIpc) is 2.69. The monoisotopic (exact) mass is 287 g/mol. The highest BCUT2D eigenvalue weighted by molar-refractivity contribution is 6.30. The van der Waals surface area contributed by atoms with E-state index in [4.69, 9.17) is 11.6 Å². The molecule has 7 heteroatoms. The number of hydrogen-bond donors (Lipinski definition) is 2. The van der Waals surface area contributed by atoms with Gasteiger partial charge >= 0.3 is 6.03 Å². The number of halogens is 2.